The molecule has 0 fully saturated rings. The average molecular weight is 224 g/mol. The van der Waals surface area contributed by atoms with Crippen LogP contribution < -0.4 is 0 Å². The van der Waals surface area contributed by atoms with E-state index in [1.54, 1.807) is 6.08 Å². The highest BCUT2D eigenvalue weighted by Gasteiger charge is 2.30. The molecule has 0 radical (unpaired) electrons. The zero-order valence-electron chi connectivity index (χ0n) is 10.1. The van der Waals surface area contributed by atoms with Gasteiger partial charge in [0.05, 0.1) is 25.4 Å². The van der Waals surface area contributed by atoms with E-state index in [1.807, 2.05) is 0 Å². The largest absolute Gasteiger partial charge is 0.466 e. The van der Waals surface area contributed by atoms with Gasteiger partial charge in [-0.15, -0.1) is 6.58 Å². The predicted molar refractivity (Wildman–Crippen MR) is 63.1 cm³/mol. The van der Waals surface area contributed by atoms with E-state index in [9.17, 15) is 4.79 Å². The van der Waals surface area contributed by atoms with Gasteiger partial charge in [0.25, 0.3) is 0 Å². The van der Waals surface area contributed by atoms with Crippen LogP contribution in [0.4, 0.5) is 0 Å². The fourth-order valence-electron chi connectivity index (χ4n) is 1.94. The van der Waals surface area contributed by atoms with E-state index in [0.717, 1.165) is 30.4 Å². The van der Waals surface area contributed by atoms with Crippen molar-refractivity contribution >= 4 is 5.97 Å². The number of esters is 1. The van der Waals surface area contributed by atoms with Crippen LogP contribution in [-0.2, 0) is 14.3 Å². The minimum atomic E-state index is -0.254. The van der Waals surface area contributed by atoms with E-state index >= 15 is 0 Å². The molecule has 1 aliphatic rings. The first-order valence-electron chi connectivity index (χ1n) is 5.77. The third kappa shape index (κ3) is 2.95. The molecule has 0 spiro atoms. The molecule has 1 heterocycles. The molecule has 0 saturated carbocycles. The van der Waals surface area contributed by atoms with Crippen molar-refractivity contribution in [1.82, 2.24) is 0 Å². The van der Waals surface area contributed by atoms with Crippen molar-refractivity contribution in [1.29, 1.82) is 0 Å². The van der Waals surface area contributed by atoms with Crippen molar-refractivity contribution in [2.75, 3.05) is 13.7 Å². The molecule has 0 aromatic heterocycles. The highest BCUT2D eigenvalue weighted by Crippen LogP contribution is 2.28. The average Bonchev–Trinajstić information content (AvgIpc) is 2.69. The highest BCUT2D eigenvalue weighted by molar-refractivity contribution is 5.91. The summed E-state index contributed by atoms with van der Waals surface area (Å²) in [5.74, 6) is -0.254. The van der Waals surface area contributed by atoms with E-state index in [-0.39, 0.29) is 12.1 Å². The van der Waals surface area contributed by atoms with Crippen LogP contribution >= 0.6 is 0 Å². The minimum Gasteiger partial charge on any atom is -0.466 e. The topological polar surface area (TPSA) is 35.5 Å². The van der Waals surface area contributed by atoms with Crippen molar-refractivity contribution in [3.63, 3.8) is 0 Å². The van der Waals surface area contributed by atoms with Gasteiger partial charge in [-0.3, -0.25) is 0 Å². The van der Waals surface area contributed by atoms with Crippen LogP contribution in [-0.4, -0.2) is 25.8 Å². The standard InChI is InChI=1S/C13H20O3/c1-4-6-8-11-12(13(14)15-3)10(7-5-2)9-16-11/h5,11H,2,4,6-9H2,1,3H3. The van der Waals surface area contributed by atoms with E-state index in [2.05, 4.69) is 13.5 Å². The van der Waals surface area contributed by atoms with Gasteiger partial charge in [-0.2, -0.15) is 0 Å². The molecule has 0 aromatic rings. The van der Waals surface area contributed by atoms with Gasteiger partial charge in [-0.05, 0) is 18.4 Å². The maximum atomic E-state index is 11.7. The summed E-state index contributed by atoms with van der Waals surface area (Å²) in [4.78, 5) is 11.7. The Morgan fingerprint density at radius 2 is 2.44 bits per heavy atom. The van der Waals surface area contributed by atoms with Crippen molar-refractivity contribution in [2.45, 2.75) is 38.7 Å². The summed E-state index contributed by atoms with van der Waals surface area (Å²) in [5.41, 5.74) is 1.74. The molecule has 3 nitrogen and oxygen atoms in total. The maximum Gasteiger partial charge on any atom is 0.336 e. The smallest absolute Gasteiger partial charge is 0.336 e. The molecule has 0 aliphatic carbocycles. The Morgan fingerprint density at radius 3 is 3.00 bits per heavy atom. The van der Waals surface area contributed by atoms with Crippen LogP contribution in [0.15, 0.2) is 23.8 Å². The molecule has 1 unspecified atom stereocenters. The predicted octanol–water partition coefficient (Wildman–Crippen LogP) is 2.62. The van der Waals surface area contributed by atoms with Crippen LogP contribution in [0, 0.1) is 0 Å². The third-order valence-electron chi connectivity index (χ3n) is 2.78. The number of carbonyl (C=O) groups is 1. The van der Waals surface area contributed by atoms with Crippen molar-refractivity contribution in [3.8, 4) is 0 Å². The SMILES string of the molecule is C=CCC1=C(C(=O)OC)C(CCCC)OC1. The van der Waals surface area contributed by atoms with Gasteiger partial charge in [0.2, 0.25) is 0 Å². The molecule has 0 amide bonds. The Hall–Kier alpha value is -1.09. The van der Waals surface area contributed by atoms with E-state index < -0.39 is 0 Å². The number of carbonyl (C=O) groups excluding carboxylic acids is 1. The van der Waals surface area contributed by atoms with Crippen LogP contribution in [0.1, 0.15) is 32.6 Å². The lowest BCUT2D eigenvalue weighted by molar-refractivity contribution is -0.137. The Bertz CT molecular complexity index is 292. The van der Waals surface area contributed by atoms with E-state index in [4.69, 9.17) is 9.47 Å². The van der Waals surface area contributed by atoms with Crippen molar-refractivity contribution in [2.24, 2.45) is 0 Å². The first-order chi connectivity index (χ1) is 7.74. The van der Waals surface area contributed by atoms with E-state index in [0.29, 0.717) is 13.0 Å². The second-order valence-corrected chi connectivity index (χ2v) is 3.94. The molecule has 0 bridgehead atoms. The molecule has 0 aromatic carbocycles. The monoisotopic (exact) mass is 224 g/mol. The summed E-state index contributed by atoms with van der Waals surface area (Å²) in [6, 6.07) is 0. The van der Waals surface area contributed by atoms with Crippen LogP contribution in [0.3, 0.4) is 0 Å². The highest BCUT2D eigenvalue weighted by atomic mass is 16.5. The number of hydrogen-bond acceptors (Lipinski definition) is 3. The summed E-state index contributed by atoms with van der Waals surface area (Å²) < 4.78 is 10.4. The molecule has 3 heteroatoms. The first-order valence-corrected chi connectivity index (χ1v) is 5.77. The van der Waals surface area contributed by atoms with Gasteiger partial charge in [0.1, 0.15) is 0 Å². The lowest BCUT2D eigenvalue weighted by atomic mass is 10.00. The second-order valence-electron chi connectivity index (χ2n) is 3.94. The Labute approximate surface area is 97.1 Å². The van der Waals surface area contributed by atoms with E-state index in [1.165, 1.54) is 7.11 Å². The molecular formula is C13H20O3. The lowest BCUT2D eigenvalue weighted by Gasteiger charge is -2.12. The summed E-state index contributed by atoms with van der Waals surface area (Å²) in [7, 11) is 1.41. The van der Waals surface area contributed by atoms with Gasteiger partial charge in [0.15, 0.2) is 0 Å². The number of methoxy groups -OCH3 is 1. The third-order valence-corrected chi connectivity index (χ3v) is 2.78. The number of unbranched alkanes of at least 4 members (excludes halogenated alkanes) is 1. The molecule has 0 N–H and O–H groups in total. The minimum absolute atomic E-state index is 0.0812. The molecule has 1 aliphatic heterocycles. The molecule has 1 rings (SSSR count). The van der Waals surface area contributed by atoms with Gasteiger partial charge < -0.3 is 9.47 Å². The van der Waals surface area contributed by atoms with Crippen LogP contribution in [0.5, 0.6) is 0 Å². The fourth-order valence-corrected chi connectivity index (χ4v) is 1.94. The normalized spacial score (nSPS) is 20.0. The second kappa shape index (κ2) is 6.48. The quantitative estimate of drug-likeness (QED) is 0.514. The zero-order valence-corrected chi connectivity index (χ0v) is 10.1. The molecule has 0 saturated heterocycles. The van der Waals surface area contributed by atoms with Gasteiger partial charge in [-0.25, -0.2) is 4.79 Å². The summed E-state index contributed by atoms with van der Waals surface area (Å²) in [6.07, 6.45) is 5.47. The molecule has 90 valence electrons. The van der Waals surface area contributed by atoms with Gasteiger partial charge in [0, 0.05) is 0 Å². The van der Waals surface area contributed by atoms with Crippen molar-refractivity contribution in [3.05, 3.63) is 23.8 Å². The summed E-state index contributed by atoms with van der Waals surface area (Å²) in [5, 5.41) is 0. The number of rotatable bonds is 6. The summed E-state index contributed by atoms with van der Waals surface area (Å²) in [6.45, 7) is 6.35. The lowest BCUT2D eigenvalue weighted by Crippen LogP contribution is -2.18. The fraction of sp³-hybridized carbons (Fsp3) is 0.615. The number of allylic oxidation sites excluding steroid dienone is 1. The molecule has 16 heavy (non-hydrogen) atoms. The summed E-state index contributed by atoms with van der Waals surface area (Å²) >= 11 is 0. The Kier molecular flexibility index (Phi) is 5.26. The number of ether oxygens (including phenoxy) is 2. The van der Waals surface area contributed by atoms with Crippen molar-refractivity contribution < 1.29 is 14.3 Å². The zero-order chi connectivity index (χ0) is 12.0. The molecule has 1 atom stereocenters. The maximum absolute atomic E-state index is 11.7. The number of hydrogen-bond donors (Lipinski definition) is 0. The Morgan fingerprint density at radius 1 is 1.69 bits per heavy atom. The van der Waals surface area contributed by atoms with Gasteiger partial charge in [-0.1, -0.05) is 25.8 Å². The van der Waals surface area contributed by atoms with Crippen LogP contribution in [0.2, 0.25) is 0 Å². The first kappa shape index (κ1) is 13.0. The Balaban J connectivity index is 2.79. The van der Waals surface area contributed by atoms with Gasteiger partial charge >= 0.3 is 5.97 Å². The van der Waals surface area contributed by atoms with Crippen LogP contribution in [0.25, 0.3) is 0 Å². The molecular weight excluding hydrogens is 204 g/mol.